The minimum atomic E-state index is 0. The van der Waals surface area contributed by atoms with Crippen molar-refractivity contribution in [3.63, 3.8) is 0 Å². The van der Waals surface area contributed by atoms with Gasteiger partial charge >= 0.3 is 0 Å². The predicted molar refractivity (Wildman–Crippen MR) is 76.0 cm³/mol. The van der Waals surface area contributed by atoms with Crippen LogP contribution in [0.15, 0.2) is 18.2 Å². The second-order valence-electron chi connectivity index (χ2n) is 5.00. The molecule has 0 radical (unpaired) electrons. The van der Waals surface area contributed by atoms with E-state index < -0.39 is 0 Å². The molecule has 1 saturated heterocycles. The summed E-state index contributed by atoms with van der Waals surface area (Å²) in [7, 11) is 0. The van der Waals surface area contributed by atoms with Gasteiger partial charge in [0, 0.05) is 19.1 Å². The van der Waals surface area contributed by atoms with Gasteiger partial charge in [-0.15, -0.1) is 12.4 Å². The van der Waals surface area contributed by atoms with Gasteiger partial charge in [0.2, 0.25) is 5.91 Å². The lowest BCUT2D eigenvalue weighted by atomic mass is 10.0. The standard InChI is InChI=1S/C14H20N2O.ClH/c1-10-3-4-11(2)12(7-10)8-14(17)16-6-5-13(15)9-16;/h3-4,7,13H,5-6,8-9,15H2,1-2H3;1H/t13-;/m1./s1. The zero-order valence-corrected chi connectivity index (χ0v) is 11.8. The van der Waals surface area contributed by atoms with Crippen LogP contribution in [0.3, 0.4) is 0 Å². The molecule has 1 aromatic rings. The maximum Gasteiger partial charge on any atom is 0.227 e. The molecule has 1 fully saturated rings. The number of benzene rings is 1. The lowest BCUT2D eigenvalue weighted by Crippen LogP contribution is -2.33. The summed E-state index contributed by atoms with van der Waals surface area (Å²) in [6.45, 7) is 5.63. The molecule has 100 valence electrons. The normalized spacial score (nSPS) is 18.6. The van der Waals surface area contributed by atoms with Gasteiger partial charge in [-0.1, -0.05) is 23.8 Å². The predicted octanol–water partition coefficient (Wildman–Crippen LogP) is 1.83. The largest absolute Gasteiger partial charge is 0.341 e. The van der Waals surface area contributed by atoms with Gasteiger partial charge in [0.15, 0.2) is 0 Å². The Hall–Kier alpha value is -1.06. The Balaban J connectivity index is 0.00000162. The molecule has 18 heavy (non-hydrogen) atoms. The Bertz CT molecular complexity index is 434. The van der Waals surface area contributed by atoms with Crippen LogP contribution in [0.1, 0.15) is 23.1 Å². The Morgan fingerprint density at radius 1 is 1.44 bits per heavy atom. The second kappa shape index (κ2) is 6.21. The molecule has 1 aromatic carbocycles. The molecule has 0 spiro atoms. The molecule has 2 rings (SSSR count). The first-order valence-electron chi connectivity index (χ1n) is 6.16. The lowest BCUT2D eigenvalue weighted by Gasteiger charge is -2.16. The number of nitrogens with zero attached hydrogens (tertiary/aromatic N) is 1. The van der Waals surface area contributed by atoms with E-state index in [2.05, 4.69) is 32.0 Å². The van der Waals surface area contributed by atoms with Crippen molar-refractivity contribution in [3.05, 3.63) is 34.9 Å². The fourth-order valence-corrected chi connectivity index (χ4v) is 2.28. The van der Waals surface area contributed by atoms with Gasteiger partial charge in [-0.25, -0.2) is 0 Å². The molecule has 3 nitrogen and oxygen atoms in total. The molecule has 1 aliphatic rings. The highest BCUT2D eigenvalue weighted by Gasteiger charge is 2.23. The van der Waals surface area contributed by atoms with E-state index in [1.165, 1.54) is 11.1 Å². The van der Waals surface area contributed by atoms with E-state index >= 15 is 0 Å². The zero-order valence-electron chi connectivity index (χ0n) is 11.0. The summed E-state index contributed by atoms with van der Waals surface area (Å²) in [6, 6.07) is 6.42. The van der Waals surface area contributed by atoms with Crippen molar-refractivity contribution < 1.29 is 4.79 Å². The minimum Gasteiger partial charge on any atom is -0.341 e. The molecule has 2 N–H and O–H groups in total. The first-order valence-corrected chi connectivity index (χ1v) is 6.16. The summed E-state index contributed by atoms with van der Waals surface area (Å²) in [5, 5.41) is 0. The van der Waals surface area contributed by atoms with Crippen molar-refractivity contribution in [2.75, 3.05) is 13.1 Å². The van der Waals surface area contributed by atoms with Crippen LogP contribution in [0.2, 0.25) is 0 Å². The second-order valence-corrected chi connectivity index (χ2v) is 5.00. The number of likely N-dealkylation sites (tertiary alicyclic amines) is 1. The fraction of sp³-hybridized carbons (Fsp3) is 0.500. The van der Waals surface area contributed by atoms with Gasteiger partial charge in [-0.2, -0.15) is 0 Å². The minimum absolute atomic E-state index is 0. The van der Waals surface area contributed by atoms with Crippen LogP contribution in [-0.2, 0) is 11.2 Å². The third kappa shape index (κ3) is 3.47. The molecule has 0 bridgehead atoms. The maximum absolute atomic E-state index is 12.1. The van der Waals surface area contributed by atoms with Crippen molar-refractivity contribution in [1.29, 1.82) is 0 Å². The first kappa shape index (κ1) is 15.0. The van der Waals surface area contributed by atoms with Crippen LogP contribution >= 0.6 is 12.4 Å². The quantitative estimate of drug-likeness (QED) is 0.890. The average Bonchev–Trinajstić information content (AvgIpc) is 2.70. The van der Waals surface area contributed by atoms with Crippen LogP contribution in [-0.4, -0.2) is 29.9 Å². The summed E-state index contributed by atoms with van der Waals surface area (Å²) in [5.74, 6) is 0.201. The molecule has 1 atom stereocenters. The third-order valence-electron chi connectivity index (χ3n) is 3.42. The number of halogens is 1. The van der Waals surface area contributed by atoms with Gasteiger partial charge in [-0.3, -0.25) is 4.79 Å². The van der Waals surface area contributed by atoms with Gasteiger partial charge < -0.3 is 10.6 Å². The number of carbonyl (C=O) groups is 1. The smallest absolute Gasteiger partial charge is 0.227 e. The Morgan fingerprint density at radius 3 is 2.78 bits per heavy atom. The summed E-state index contributed by atoms with van der Waals surface area (Å²) >= 11 is 0. The molecule has 0 aliphatic carbocycles. The monoisotopic (exact) mass is 268 g/mol. The summed E-state index contributed by atoms with van der Waals surface area (Å²) in [4.78, 5) is 14.0. The highest BCUT2D eigenvalue weighted by Crippen LogP contribution is 2.14. The van der Waals surface area contributed by atoms with Gasteiger partial charge in [0.05, 0.1) is 6.42 Å². The van der Waals surface area contributed by atoms with E-state index in [9.17, 15) is 4.79 Å². The van der Waals surface area contributed by atoms with Crippen LogP contribution in [0, 0.1) is 13.8 Å². The van der Waals surface area contributed by atoms with E-state index in [1.807, 2.05) is 4.90 Å². The van der Waals surface area contributed by atoms with E-state index in [4.69, 9.17) is 5.73 Å². The van der Waals surface area contributed by atoms with Crippen molar-refractivity contribution in [2.45, 2.75) is 32.7 Å². The number of nitrogens with two attached hydrogens (primary N) is 1. The zero-order chi connectivity index (χ0) is 12.4. The molecule has 0 saturated carbocycles. The summed E-state index contributed by atoms with van der Waals surface area (Å²) in [5.41, 5.74) is 9.34. The van der Waals surface area contributed by atoms with E-state index in [1.54, 1.807) is 0 Å². The van der Waals surface area contributed by atoms with Crippen molar-refractivity contribution >= 4 is 18.3 Å². The topological polar surface area (TPSA) is 46.3 Å². The van der Waals surface area contributed by atoms with Crippen LogP contribution in [0.4, 0.5) is 0 Å². The van der Waals surface area contributed by atoms with E-state index in [-0.39, 0.29) is 24.4 Å². The number of aryl methyl sites for hydroxylation is 2. The van der Waals surface area contributed by atoms with Crippen molar-refractivity contribution in [1.82, 2.24) is 4.90 Å². The lowest BCUT2D eigenvalue weighted by molar-refractivity contribution is -0.129. The first-order chi connectivity index (χ1) is 8.06. The number of hydrogen-bond donors (Lipinski definition) is 1. The van der Waals surface area contributed by atoms with Crippen LogP contribution < -0.4 is 5.73 Å². The van der Waals surface area contributed by atoms with Gasteiger partial charge in [-0.05, 0) is 31.4 Å². The number of rotatable bonds is 2. The Labute approximate surface area is 115 Å². The highest BCUT2D eigenvalue weighted by atomic mass is 35.5. The molecule has 1 amide bonds. The number of carbonyl (C=O) groups excluding carboxylic acids is 1. The van der Waals surface area contributed by atoms with E-state index in [0.29, 0.717) is 13.0 Å². The molecule has 1 aliphatic heterocycles. The molecule has 0 unspecified atom stereocenters. The molecular weight excluding hydrogens is 248 g/mol. The summed E-state index contributed by atoms with van der Waals surface area (Å²) < 4.78 is 0. The van der Waals surface area contributed by atoms with Gasteiger partial charge in [0.25, 0.3) is 0 Å². The van der Waals surface area contributed by atoms with Gasteiger partial charge in [0.1, 0.15) is 0 Å². The van der Waals surface area contributed by atoms with E-state index in [0.717, 1.165) is 18.5 Å². The summed E-state index contributed by atoms with van der Waals surface area (Å²) in [6.07, 6.45) is 1.43. The maximum atomic E-state index is 12.1. The van der Waals surface area contributed by atoms with Crippen LogP contribution in [0.5, 0.6) is 0 Å². The number of amides is 1. The molecular formula is C14H21ClN2O. The van der Waals surface area contributed by atoms with Crippen molar-refractivity contribution in [2.24, 2.45) is 5.73 Å². The SMILES string of the molecule is Cc1ccc(C)c(CC(=O)N2CC[C@@H](N)C2)c1.Cl. The highest BCUT2D eigenvalue weighted by molar-refractivity contribution is 5.85. The molecule has 0 aromatic heterocycles. The molecule has 4 heteroatoms. The average molecular weight is 269 g/mol. The Kier molecular flexibility index (Phi) is 5.17. The molecule has 1 heterocycles. The number of hydrogen-bond acceptors (Lipinski definition) is 2. The third-order valence-corrected chi connectivity index (χ3v) is 3.42. The van der Waals surface area contributed by atoms with Crippen molar-refractivity contribution in [3.8, 4) is 0 Å². The fourth-order valence-electron chi connectivity index (χ4n) is 2.28. The van der Waals surface area contributed by atoms with Crippen LogP contribution in [0.25, 0.3) is 0 Å². The Morgan fingerprint density at radius 2 is 2.17 bits per heavy atom.